The van der Waals surface area contributed by atoms with E-state index >= 15 is 0 Å². The predicted molar refractivity (Wildman–Crippen MR) is 125 cm³/mol. The van der Waals surface area contributed by atoms with Crippen LogP contribution in [-0.2, 0) is 20.4 Å². The molecule has 10 heteroatoms. The van der Waals surface area contributed by atoms with Gasteiger partial charge in [-0.15, -0.1) is 11.3 Å². The zero-order chi connectivity index (χ0) is 22.9. The van der Waals surface area contributed by atoms with E-state index in [4.69, 9.17) is 0 Å². The number of rotatable bonds is 6. The Labute approximate surface area is 193 Å². The summed E-state index contributed by atoms with van der Waals surface area (Å²) in [5, 5.41) is 14.9. The summed E-state index contributed by atoms with van der Waals surface area (Å²) in [4.78, 5) is 16.2. The number of aliphatic hydroxyl groups is 1. The lowest BCUT2D eigenvalue weighted by atomic mass is 9.98. The molecule has 1 amide bonds. The van der Waals surface area contributed by atoms with Crippen LogP contribution in [0.4, 0.5) is 5.69 Å². The van der Waals surface area contributed by atoms with Crippen molar-refractivity contribution >= 4 is 33.0 Å². The van der Waals surface area contributed by atoms with Gasteiger partial charge in [0, 0.05) is 45.0 Å². The smallest absolute Gasteiger partial charge is 0.252 e. The van der Waals surface area contributed by atoms with Crippen molar-refractivity contribution in [3.8, 4) is 0 Å². The molecule has 32 heavy (non-hydrogen) atoms. The van der Waals surface area contributed by atoms with E-state index in [-0.39, 0.29) is 11.9 Å². The van der Waals surface area contributed by atoms with E-state index in [2.05, 4.69) is 15.1 Å². The van der Waals surface area contributed by atoms with E-state index in [9.17, 15) is 18.3 Å². The third-order valence-electron chi connectivity index (χ3n) is 6.03. The quantitative estimate of drug-likeness (QED) is 0.650. The van der Waals surface area contributed by atoms with Crippen LogP contribution in [0.15, 0.2) is 46.0 Å². The van der Waals surface area contributed by atoms with Gasteiger partial charge in [0.25, 0.3) is 10.0 Å². The minimum Gasteiger partial charge on any atom is -0.386 e. The van der Waals surface area contributed by atoms with E-state index in [1.807, 2.05) is 24.3 Å². The van der Waals surface area contributed by atoms with Crippen molar-refractivity contribution in [1.29, 1.82) is 0 Å². The standard InChI is InChI=1S/C22H30N4O4S2/c1-22(2,28)17-5-7-18(8-6-17)26-12-11-25(32(29,30)21-4-3-13-31-21)15-19(26)14-24-10-9-23-20(27)16-24/h3-8,13,19,28H,9-12,14-16H2,1-2H3,(H,23,27)/t19-/m0/s1. The first-order valence-electron chi connectivity index (χ1n) is 10.8. The van der Waals surface area contributed by atoms with Gasteiger partial charge in [-0.1, -0.05) is 18.2 Å². The van der Waals surface area contributed by atoms with Gasteiger partial charge in [0.1, 0.15) is 4.21 Å². The van der Waals surface area contributed by atoms with Gasteiger partial charge in [0.15, 0.2) is 0 Å². The molecule has 1 atom stereocenters. The number of hydrogen-bond acceptors (Lipinski definition) is 7. The highest BCUT2D eigenvalue weighted by molar-refractivity contribution is 7.91. The number of carbonyl (C=O) groups is 1. The van der Waals surface area contributed by atoms with E-state index in [1.54, 1.807) is 35.7 Å². The van der Waals surface area contributed by atoms with Crippen LogP contribution in [0.25, 0.3) is 0 Å². The summed E-state index contributed by atoms with van der Waals surface area (Å²) in [7, 11) is -3.54. The molecule has 0 radical (unpaired) electrons. The molecular formula is C22H30N4O4S2. The Kier molecular flexibility index (Phi) is 6.60. The maximum atomic E-state index is 13.1. The molecule has 3 heterocycles. The maximum Gasteiger partial charge on any atom is 0.252 e. The van der Waals surface area contributed by atoms with Gasteiger partial charge in [0.05, 0.1) is 18.2 Å². The van der Waals surface area contributed by atoms with Crippen LogP contribution in [0.2, 0.25) is 0 Å². The molecule has 0 spiro atoms. The molecule has 2 N–H and O–H groups in total. The summed E-state index contributed by atoms with van der Waals surface area (Å²) in [5.74, 6) is -0.00352. The summed E-state index contributed by atoms with van der Waals surface area (Å²) in [6, 6.07) is 11.1. The average molecular weight is 479 g/mol. The number of piperazine rings is 2. The van der Waals surface area contributed by atoms with Crippen molar-refractivity contribution < 1.29 is 18.3 Å². The highest BCUT2D eigenvalue weighted by atomic mass is 32.2. The van der Waals surface area contributed by atoms with Crippen molar-refractivity contribution in [3.05, 3.63) is 47.3 Å². The highest BCUT2D eigenvalue weighted by Gasteiger charge is 2.36. The number of nitrogens with one attached hydrogen (secondary N) is 1. The van der Waals surface area contributed by atoms with Gasteiger partial charge in [-0.25, -0.2) is 8.42 Å². The van der Waals surface area contributed by atoms with Crippen LogP contribution in [0.5, 0.6) is 0 Å². The largest absolute Gasteiger partial charge is 0.386 e. The molecule has 2 aliphatic rings. The van der Waals surface area contributed by atoms with E-state index in [1.165, 1.54) is 11.3 Å². The number of anilines is 1. The van der Waals surface area contributed by atoms with Gasteiger partial charge in [-0.3, -0.25) is 9.69 Å². The number of nitrogens with zero attached hydrogens (tertiary/aromatic N) is 3. The van der Waals surface area contributed by atoms with Crippen molar-refractivity contribution in [1.82, 2.24) is 14.5 Å². The van der Waals surface area contributed by atoms with Crippen LogP contribution < -0.4 is 10.2 Å². The lowest BCUT2D eigenvalue weighted by Gasteiger charge is -2.44. The summed E-state index contributed by atoms with van der Waals surface area (Å²) in [5.41, 5.74) is 0.883. The molecular weight excluding hydrogens is 448 g/mol. The number of amides is 1. The number of carbonyl (C=O) groups excluding carboxylic acids is 1. The van der Waals surface area contributed by atoms with Gasteiger partial charge in [-0.05, 0) is 43.0 Å². The maximum absolute atomic E-state index is 13.1. The van der Waals surface area contributed by atoms with Gasteiger partial charge < -0.3 is 15.3 Å². The third kappa shape index (κ3) is 4.99. The number of sulfonamides is 1. The molecule has 1 aromatic carbocycles. The van der Waals surface area contributed by atoms with Gasteiger partial charge in [0.2, 0.25) is 5.91 Å². The summed E-state index contributed by atoms with van der Waals surface area (Å²) in [6.45, 7) is 7.05. The van der Waals surface area contributed by atoms with Crippen LogP contribution in [-0.4, -0.2) is 80.5 Å². The first-order chi connectivity index (χ1) is 15.1. The second kappa shape index (κ2) is 9.11. The van der Waals surface area contributed by atoms with Gasteiger partial charge in [-0.2, -0.15) is 4.31 Å². The molecule has 174 valence electrons. The fourth-order valence-corrected chi connectivity index (χ4v) is 6.90. The zero-order valence-electron chi connectivity index (χ0n) is 18.4. The Morgan fingerprint density at radius 2 is 1.91 bits per heavy atom. The minimum atomic E-state index is -3.54. The molecule has 2 saturated heterocycles. The summed E-state index contributed by atoms with van der Waals surface area (Å²) in [6.07, 6.45) is 0. The monoisotopic (exact) mass is 478 g/mol. The van der Waals surface area contributed by atoms with Crippen molar-refractivity contribution in [3.63, 3.8) is 0 Å². The van der Waals surface area contributed by atoms with Crippen LogP contribution in [0.1, 0.15) is 19.4 Å². The molecule has 0 saturated carbocycles. The van der Waals surface area contributed by atoms with Crippen molar-refractivity contribution in [2.24, 2.45) is 0 Å². The Morgan fingerprint density at radius 1 is 1.16 bits per heavy atom. The zero-order valence-corrected chi connectivity index (χ0v) is 20.0. The molecule has 0 aliphatic carbocycles. The number of hydrogen-bond donors (Lipinski definition) is 2. The Hall–Kier alpha value is -1.98. The molecule has 2 aromatic rings. The fraction of sp³-hybridized carbons (Fsp3) is 0.500. The normalized spacial score (nSPS) is 21.5. The molecule has 4 rings (SSSR count). The van der Waals surface area contributed by atoms with E-state index in [0.717, 1.165) is 17.8 Å². The van der Waals surface area contributed by atoms with Crippen LogP contribution in [0.3, 0.4) is 0 Å². The topological polar surface area (TPSA) is 93.2 Å². The van der Waals surface area contributed by atoms with Crippen LogP contribution in [0, 0.1) is 0 Å². The van der Waals surface area contributed by atoms with Crippen LogP contribution >= 0.6 is 11.3 Å². The Balaban J connectivity index is 1.58. The first-order valence-corrected chi connectivity index (χ1v) is 13.1. The minimum absolute atomic E-state index is 0.00352. The second-order valence-electron chi connectivity index (χ2n) is 8.83. The SMILES string of the molecule is CC(C)(O)c1ccc(N2CCN(S(=O)(=O)c3cccs3)C[C@@H]2CN2CCNC(=O)C2)cc1. The summed E-state index contributed by atoms with van der Waals surface area (Å²) >= 11 is 1.23. The second-order valence-corrected chi connectivity index (χ2v) is 11.9. The predicted octanol–water partition coefficient (Wildman–Crippen LogP) is 1.29. The lowest BCUT2D eigenvalue weighted by molar-refractivity contribution is -0.124. The van der Waals surface area contributed by atoms with E-state index < -0.39 is 15.6 Å². The molecule has 0 unspecified atom stereocenters. The van der Waals surface area contributed by atoms with Crippen molar-refractivity contribution in [2.75, 3.05) is 50.7 Å². The molecule has 8 nitrogen and oxygen atoms in total. The molecule has 2 aliphatic heterocycles. The Morgan fingerprint density at radius 3 is 2.53 bits per heavy atom. The average Bonchev–Trinajstić information content (AvgIpc) is 3.29. The number of thiophene rings is 1. The number of benzene rings is 1. The first kappa shape index (κ1) is 23.2. The Bertz CT molecular complexity index is 1030. The highest BCUT2D eigenvalue weighted by Crippen LogP contribution is 2.29. The lowest BCUT2D eigenvalue weighted by Crippen LogP contribution is -2.60. The molecule has 0 bridgehead atoms. The molecule has 1 aromatic heterocycles. The fourth-order valence-electron chi connectivity index (χ4n) is 4.28. The van der Waals surface area contributed by atoms with E-state index in [0.29, 0.717) is 43.5 Å². The summed E-state index contributed by atoms with van der Waals surface area (Å²) < 4.78 is 28.2. The third-order valence-corrected chi connectivity index (χ3v) is 9.26. The van der Waals surface area contributed by atoms with Crippen molar-refractivity contribution in [2.45, 2.75) is 29.7 Å². The van der Waals surface area contributed by atoms with Gasteiger partial charge >= 0.3 is 0 Å². The molecule has 2 fully saturated rings.